The van der Waals surface area contributed by atoms with Gasteiger partial charge in [-0.25, -0.2) is 0 Å². The third-order valence-corrected chi connectivity index (χ3v) is 5.07. The van der Waals surface area contributed by atoms with E-state index < -0.39 is 16.1 Å². The van der Waals surface area contributed by atoms with E-state index in [0.717, 1.165) is 31.2 Å². The second kappa shape index (κ2) is 6.86. The SMILES string of the molecule is O=S(=O)(O)NCCC1OC2(CCCCC2)OC1c1ccccc1. The molecule has 1 aromatic carbocycles. The Bertz CT molecular complexity index is 613. The second-order valence-electron chi connectivity index (χ2n) is 6.23. The van der Waals surface area contributed by atoms with E-state index in [9.17, 15) is 8.42 Å². The molecule has 2 aliphatic rings. The van der Waals surface area contributed by atoms with Crippen molar-refractivity contribution in [3.8, 4) is 0 Å². The van der Waals surface area contributed by atoms with Crippen LogP contribution in [0.5, 0.6) is 0 Å². The van der Waals surface area contributed by atoms with E-state index in [1.807, 2.05) is 30.3 Å². The fourth-order valence-electron chi connectivity index (χ4n) is 3.46. The van der Waals surface area contributed by atoms with E-state index in [2.05, 4.69) is 4.72 Å². The maximum atomic E-state index is 10.8. The summed E-state index contributed by atoms with van der Waals surface area (Å²) in [6, 6.07) is 9.86. The Labute approximate surface area is 137 Å². The molecule has 23 heavy (non-hydrogen) atoms. The average molecular weight is 341 g/mol. The van der Waals surface area contributed by atoms with Crippen LogP contribution in [-0.4, -0.2) is 31.4 Å². The van der Waals surface area contributed by atoms with Crippen LogP contribution in [0.25, 0.3) is 0 Å². The molecule has 3 rings (SSSR count). The highest BCUT2D eigenvalue weighted by molar-refractivity contribution is 7.83. The summed E-state index contributed by atoms with van der Waals surface area (Å²) in [6.45, 7) is 0.117. The Balaban J connectivity index is 1.73. The van der Waals surface area contributed by atoms with Gasteiger partial charge in [0.25, 0.3) is 0 Å². The summed E-state index contributed by atoms with van der Waals surface area (Å²) in [4.78, 5) is 0. The van der Waals surface area contributed by atoms with Gasteiger partial charge in [0.2, 0.25) is 0 Å². The maximum absolute atomic E-state index is 10.8. The van der Waals surface area contributed by atoms with Gasteiger partial charge >= 0.3 is 10.3 Å². The Hall–Kier alpha value is -0.990. The van der Waals surface area contributed by atoms with Crippen LogP contribution in [0.1, 0.15) is 50.2 Å². The van der Waals surface area contributed by atoms with Crippen molar-refractivity contribution in [3.05, 3.63) is 35.9 Å². The van der Waals surface area contributed by atoms with Gasteiger partial charge in [0.15, 0.2) is 5.79 Å². The largest absolute Gasteiger partial charge is 0.344 e. The summed E-state index contributed by atoms with van der Waals surface area (Å²) < 4.78 is 45.1. The first kappa shape index (κ1) is 16.9. The van der Waals surface area contributed by atoms with Gasteiger partial charge < -0.3 is 9.47 Å². The van der Waals surface area contributed by atoms with Crippen molar-refractivity contribution >= 4 is 10.3 Å². The molecule has 1 aliphatic heterocycles. The molecule has 128 valence electrons. The Morgan fingerprint density at radius 2 is 1.83 bits per heavy atom. The van der Waals surface area contributed by atoms with Gasteiger partial charge in [0, 0.05) is 19.4 Å². The molecule has 0 aromatic heterocycles. The summed E-state index contributed by atoms with van der Waals surface area (Å²) in [5, 5.41) is 0. The molecular formula is C16H23NO5S. The van der Waals surface area contributed by atoms with E-state index in [-0.39, 0.29) is 18.8 Å². The van der Waals surface area contributed by atoms with Gasteiger partial charge in [-0.15, -0.1) is 0 Å². The monoisotopic (exact) mass is 341 g/mol. The van der Waals surface area contributed by atoms with Crippen LogP contribution in [0.15, 0.2) is 30.3 Å². The quantitative estimate of drug-likeness (QED) is 0.804. The van der Waals surface area contributed by atoms with Crippen molar-refractivity contribution in [2.75, 3.05) is 6.54 Å². The van der Waals surface area contributed by atoms with E-state index >= 15 is 0 Å². The molecule has 1 saturated carbocycles. The summed E-state index contributed by atoms with van der Waals surface area (Å²) in [5.41, 5.74) is 1.03. The highest BCUT2D eigenvalue weighted by atomic mass is 32.2. The minimum Gasteiger partial charge on any atom is -0.344 e. The predicted octanol–water partition coefficient (Wildman–Crippen LogP) is 2.59. The normalized spacial score (nSPS) is 27.3. The van der Waals surface area contributed by atoms with Crippen molar-refractivity contribution < 1.29 is 22.4 Å². The maximum Gasteiger partial charge on any atom is 0.333 e. The first-order valence-electron chi connectivity index (χ1n) is 8.10. The van der Waals surface area contributed by atoms with E-state index in [0.29, 0.717) is 6.42 Å². The molecule has 2 atom stereocenters. The van der Waals surface area contributed by atoms with Crippen LogP contribution >= 0.6 is 0 Å². The fourth-order valence-corrected chi connectivity index (χ4v) is 3.84. The lowest BCUT2D eigenvalue weighted by molar-refractivity contribution is -0.194. The summed E-state index contributed by atoms with van der Waals surface area (Å²) >= 11 is 0. The number of benzene rings is 1. The van der Waals surface area contributed by atoms with Gasteiger partial charge in [-0.2, -0.15) is 13.1 Å². The first-order valence-corrected chi connectivity index (χ1v) is 9.54. The van der Waals surface area contributed by atoms with Crippen LogP contribution in [0.2, 0.25) is 0 Å². The summed E-state index contributed by atoms with van der Waals surface area (Å²) in [6.07, 6.45) is 5.11. The lowest BCUT2D eigenvalue weighted by atomic mass is 9.94. The van der Waals surface area contributed by atoms with Crippen molar-refractivity contribution in [3.63, 3.8) is 0 Å². The molecule has 1 saturated heterocycles. The number of hydrogen-bond acceptors (Lipinski definition) is 4. The van der Waals surface area contributed by atoms with Gasteiger partial charge in [-0.05, 0) is 24.8 Å². The van der Waals surface area contributed by atoms with E-state index in [4.69, 9.17) is 14.0 Å². The average Bonchev–Trinajstić information content (AvgIpc) is 2.86. The lowest BCUT2D eigenvalue weighted by Crippen LogP contribution is -2.34. The Morgan fingerprint density at radius 3 is 2.48 bits per heavy atom. The van der Waals surface area contributed by atoms with E-state index in [1.165, 1.54) is 6.42 Å². The number of nitrogens with one attached hydrogen (secondary N) is 1. The van der Waals surface area contributed by atoms with Crippen LogP contribution in [0, 0.1) is 0 Å². The highest BCUT2D eigenvalue weighted by Crippen LogP contribution is 2.46. The highest BCUT2D eigenvalue weighted by Gasteiger charge is 2.48. The molecule has 2 unspecified atom stereocenters. The molecule has 2 fully saturated rings. The van der Waals surface area contributed by atoms with Gasteiger partial charge in [-0.1, -0.05) is 36.8 Å². The number of hydrogen-bond donors (Lipinski definition) is 2. The molecule has 1 spiro atoms. The Morgan fingerprint density at radius 1 is 1.13 bits per heavy atom. The zero-order valence-electron chi connectivity index (χ0n) is 13.0. The molecule has 0 bridgehead atoms. The van der Waals surface area contributed by atoms with E-state index in [1.54, 1.807) is 0 Å². The molecule has 1 aromatic rings. The molecule has 0 radical (unpaired) electrons. The summed E-state index contributed by atoms with van der Waals surface area (Å²) in [5.74, 6) is -0.540. The number of rotatable bonds is 5. The van der Waals surface area contributed by atoms with Crippen molar-refractivity contribution in [2.45, 2.75) is 56.5 Å². The zero-order chi connectivity index (χ0) is 16.3. The minimum absolute atomic E-state index is 0.117. The van der Waals surface area contributed by atoms with Gasteiger partial charge in [0.1, 0.15) is 6.10 Å². The van der Waals surface area contributed by atoms with Crippen molar-refractivity contribution in [1.82, 2.24) is 4.72 Å². The van der Waals surface area contributed by atoms with Crippen molar-refractivity contribution in [2.24, 2.45) is 0 Å². The summed E-state index contributed by atoms with van der Waals surface area (Å²) in [7, 11) is -4.18. The molecule has 6 nitrogen and oxygen atoms in total. The zero-order valence-corrected chi connectivity index (χ0v) is 13.8. The minimum atomic E-state index is -4.18. The smallest absolute Gasteiger partial charge is 0.333 e. The van der Waals surface area contributed by atoms with Crippen LogP contribution in [-0.2, 0) is 19.8 Å². The second-order valence-corrected chi connectivity index (χ2v) is 7.47. The predicted molar refractivity (Wildman–Crippen MR) is 85.1 cm³/mol. The van der Waals surface area contributed by atoms with Crippen LogP contribution < -0.4 is 4.72 Å². The fraction of sp³-hybridized carbons (Fsp3) is 0.625. The van der Waals surface area contributed by atoms with Gasteiger partial charge in [-0.3, -0.25) is 4.55 Å². The lowest BCUT2D eigenvalue weighted by Gasteiger charge is -2.32. The van der Waals surface area contributed by atoms with Crippen LogP contribution in [0.3, 0.4) is 0 Å². The number of ether oxygens (including phenoxy) is 2. The molecule has 0 amide bonds. The topological polar surface area (TPSA) is 84.9 Å². The molecular weight excluding hydrogens is 318 g/mol. The standard InChI is InChI=1S/C16H23NO5S/c18-23(19,20)17-12-9-14-15(13-7-3-1-4-8-13)22-16(21-14)10-5-2-6-11-16/h1,3-4,7-8,14-15,17H,2,5-6,9-12H2,(H,18,19,20). The molecule has 1 aliphatic carbocycles. The van der Waals surface area contributed by atoms with Crippen LogP contribution in [0.4, 0.5) is 0 Å². The Kier molecular flexibility index (Phi) is 5.03. The first-order chi connectivity index (χ1) is 11.0. The third-order valence-electron chi connectivity index (χ3n) is 4.50. The molecule has 7 heteroatoms. The van der Waals surface area contributed by atoms with Gasteiger partial charge in [0.05, 0.1) is 6.10 Å². The molecule has 1 heterocycles. The van der Waals surface area contributed by atoms with Crippen molar-refractivity contribution in [1.29, 1.82) is 0 Å². The third kappa shape index (κ3) is 4.30. The molecule has 2 N–H and O–H groups in total.